The lowest BCUT2D eigenvalue weighted by Crippen LogP contribution is -2.20. The highest BCUT2D eigenvalue weighted by Crippen LogP contribution is 2.02. The van der Waals surface area contributed by atoms with Crippen molar-refractivity contribution >= 4 is 11.9 Å². The lowest BCUT2D eigenvalue weighted by Gasteiger charge is -2.05. The van der Waals surface area contributed by atoms with Gasteiger partial charge in [0.1, 0.15) is 0 Å². The molecule has 1 rings (SSSR count). The third-order valence-corrected chi connectivity index (χ3v) is 1.48. The van der Waals surface area contributed by atoms with Crippen LogP contribution >= 0.6 is 0 Å². The van der Waals surface area contributed by atoms with Gasteiger partial charge in [0.15, 0.2) is 5.82 Å². The van der Waals surface area contributed by atoms with Crippen molar-refractivity contribution in [3.05, 3.63) is 12.3 Å². The summed E-state index contributed by atoms with van der Waals surface area (Å²) in [6.45, 7) is -0.237. The normalized spacial score (nSPS) is 12.4. The molecule has 1 amide bonds. The maximum Gasteiger partial charge on any atom is 0.410 e. The molecule has 0 aliphatic carbocycles. The summed E-state index contributed by atoms with van der Waals surface area (Å²) in [5.41, 5.74) is 0. The molecule has 1 atom stereocenters. The second kappa shape index (κ2) is 4.58. The molecule has 0 radical (unpaired) electrons. The van der Waals surface area contributed by atoms with Crippen molar-refractivity contribution in [1.29, 1.82) is 0 Å². The number of hydrogen-bond acceptors (Lipinski definition) is 4. The molecule has 78 valence electrons. The van der Waals surface area contributed by atoms with Gasteiger partial charge < -0.3 is 15.3 Å². The first kappa shape index (κ1) is 10.5. The van der Waals surface area contributed by atoms with Crippen LogP contribution in [-0.4, -0.2) is 43.9 Å². The maximum absolute atomic E-state index is 10.2. The molecule has 14 heavy (non-hydrogen) atoms. The van der Waals surface area contributed by atoms with Gasteiger partial charge in [-0.1, -0.05) is 0 Å². The quantitative estimate of drug-likeness (QED) is 0.516. The van der Waals surface area contributed by atoms with Crippen molar-refractivity contribution in [2.24, 2.45) is 0 Å². The molecule has 7 nitrogen and oxygen atoms in total. The Morgan fingerprint density at radius 2 is 2.43 bits per heavy atom. The van der Waals surface area contributed by atoms with Gasteiger partial charge in [-0.25, -0.2) is 4.79 Å². The minimum atomic E-state index is -1.20. The van der Waals surface area contributed by atoms with E-state index >= 15 is 0 Å². The summed E-state index contributed by atoms with van der Waals surface area (Å²) in [7, 11) is 0. The number of aliphatic hydroxyl groups excluding tert-OH is 2. The molecule has 0 fully saturated rings. The zero-order chi connectivity index (χ0) is 10.6. The number of nitrogens with zero attached hydrogens (tertiary/aromatic N) is 2. The van der Waals surface area contributed by atoms with Crippen LogP contribution in [0.2, 0.25) is 0 Å². The van der Waals surface area contributed by atoms with E-state index in [1.165, 1.54) is 16.9 Å². The summed E-state index contributed by atoms with van der Waals surface area (Å²) in [6.07, 6.45) is -0.588. The molecule has 7 heteroatoms. The van der Waals surface area contributed by atoms with E-state index in [0.717, 1.165) is 0 Å². The van der Waals surface area contributed by atoms with E-state index in [-0.39, 0.29) is 19.0 Å². The number of aromatic nitrogens is 2. The van der Waals surface area contributed by atoms with Gasteiger partial charge in [0, 0.05) is 12.3 Å². The highest BCUT2D eigenvalue weighted by molar-refractivity contribution is 5.81. The smallest absolute Gasteiger partial charge is 0.410 e. The van der Waals surface area contributed by atoms with Crippen LogP contribution in [0.5, 0.6) is 0 Å². The second-order valence-corrected chi connectivity index (χ2v) is 2.69. The van der Waals surface area contributed by atoms with E-state index in [4.69, 9.17) is 15.3 Å². The SMILES string of the molecule is O=C(O)Nc1ccn(C[C@H](O)CO)n1. The molecular weight excluding hydrogens is 190 g/mol. The Balaban J connectivity index is 2.54. The lowest BCUT2D eigenvalue weighted by molar-refractivity contribution is 0.0783. The van der Waals surface area contributed by atoms with Gasteiger partial charge in [-0.15, -0.1) is 0 Å². The number of carbonyl (C=O) groups is 1. The number of carboxylic acid groups (broad SMARTS) is 1. The Bertz CT molecular complexity index is 312. The van der Waals surface area contributed by atoms with Crippen molar-refractivity contribution < 1.29 is 20.1 Å². The Kier molecular flexibility index (Phi) is 3.43. The molecule has 1 heterocycles. The van der Waals surface area contributed by atoms with Crippen molar-refractivity contribution in [2.45, 2.75) is 12.6 Å². The molecule has 0 saturated carbocycles. The maximum atomic E-state index is 10.2. The van der Waals surface area contributed by atoms with Crippen molar-refractivity contribution in [2.75, 3.05) is 11.9 Å². The average Bonchev–Trinajstić information content (AvgIpc) is 2.51. The van der Waals surface area contributed by atoms with Gasteiger partial charge in [0.2, 0.25) is 0 Å². The summed E-state index contributed by atoms with van der Waals surface area (Å²) in [4.78, 5) is 10.2. The summed E-state index contributed by atoms with van der Waals surface area (Å²) in [5, 5.41) is 31.8. The molecule has 0 spiro atoms. The van der Waals surface area contributed by atoms with Gasteiger partial charge in [-0.3, -0.25) is 10.00 Å². The van der Waals surface area contributed by atoms with Gasteiger partial charge in [0.25, 0.3) is 0 Å². The molecular formula is C7H11N3O4. The molecule has 0 aliphatic heterocycles. The molecule has 0 aliphatic rings. The van der Waals surface area contributed by atoms with E-state index in [9.17, 15) is 4.79 Å². The Morgan fingerprint density at radius 3 is 3.00 bits per heavy atom. The van der Waals surface area contributed by atoms with E-state index in [0.29, 0.717) is 0 Å². The van der Waals surface area contributed by atoms with E-state index in [2.05, 4.69) is 10.4 Å². The number of rotatable bonds is 4. The molecule has 0 aromatic carbocycles. The molecule has 0 bridgehead atoms. The number of anilines is 1. The first-order valence-electron chi connectivity index (χ1n) is 3.94. The fraction of sp³-hybridized carbons (Fsp3) is 0.429. The van der Waals surface area contributed by atoms with E-state index in [1.807, 2.05) is 0 Å². The van der Waals surface area contributed by atoms with Crippen LogP contribution in [-0.2, 0) is 6.54 Å². The zero-order valence-corrected chi connectivity index (χ0v) is 7.29. The van der Waals surface area contributed by atoms with Gasteiger partial charge in [0.05, 0.1) is 19.3 Å². The predicted octanol–water partition coefficient (Wildman–Crippen LogP) is -0.674. The molecule has 1 aromatic rings. The van der Waals surface area contributed by atoms with Crippen LogP contribution in [0.3, 0.4) is 0 Å². The van der Waals surface area contributed by atoms with Gasteiger partial charge >= 0.3 is 6.09 Å². The highest BCUT2D eigenvalue weighted by Gasteiger charge is 2.06. The summed E-state index contributed by atoms with van der Waals surface area (Å²) in [5.74, 6) is 0.183. The van der Waals surface area contributed by atoms with Crippen LogP contribution in [0.4, 0.5) is 10.6 Å². The standard InChI is InChI=1S/C7H11N3O4/c11-4-5(12)3-10-2-1-6(9-10)8-7(13)14/h1-2,5,11-12H,3-4H2,(H,8,9)(H,13,14)/t5-/m0/s1. The monoisotopic (exact) mass is 201 g/mol. The third kappa shape index (κ3) is 3.04. The molecule has 4 N–H and O–H groups in total. The average molecular weight is 201 g/mol. The predicted molar refractivity (Wildman–Crippen MR) is 47.0 cm³/mol. The Hall–Kier alpha value is -1.60. The minimum Gasteiger partial charge on any atom is -0.465 e. The summed E-state index contributed by atoms with van der Waals surface area (Å²) in [6, 6.07) is 1.46. The first-order chi connectivity index (χ1) is 6.61. The van der Waals surface area contributed by atoms with E-state index < -0.39 is 12.2 Å². The summed E-state index contributed by atoms with van der Waals surface area (Å²) < 4.78 is 1.34. The van der Waals surface area contributed by atoms with Crippen LogP contribution in [0.1, 0.15) is 0 Å². The zero-order valence-electron chi connectivity index (χ0n) is 7.29. The van der Waals surface area contributed by atoms with Crippen LogP contribution < -0.4 is 5.32 Å². The van der Waals surface area contributed by atoms with Crippen molar-refractivity contribution in [1.82, 2.24) is 9.78 Å². The van der Waals surface area contributed by atoms with Crippen LogP contribution in [0, 0.1) is 0 Å². The largest absolute Gasteiger partial charge is 0.465 e. The number of amides is 1. The molecule has 0 unspecified atom stereocenters. The minimum absolute atomic E-state index is 0.123. The number of nitrogens with one attached hydrogen (secondary N) is 1. The summed E-state index contributed by atoms with van der Waals surface area (Å²) >= 11 is 0. The Morgan fingerprint density at radius 1 is 1.71 bits per heavy atom. The highest BCUT2D eigenvalue weighted by atomic mass is 16.4. The number of hydrogen-bond donors (Lipinski definition) is 4. The Labute approximate surface area is 79.6 Å². The topological polar surface area (TPSA) is 108 Å². The fourth-order valence-corrected chi connectivity index (χ4v) is 0.913. The molecule has 0 saturated heterocycles. The van der Waals surface area contributed by atoms with Crippen molar-refractivity contribution in [3.63, 3.8) is 0 Å². The molecule has 1 aromatic heterocycles. The van der Waals surface area contributed by atoms with Crippen LogP contribution in [0.25, 0.3) is 0 Å². The van der Waals surface area contributed by atoms with Crippen LogP contribution in [0.15, 0.2) is 12.3 Å². The fourth-order valence-electron chi connectivity index (χ4n) is 0.913. The van der Waals surface area contributed by atoms with Gasteiger partial charge in [-0.2, -0.15) is 5.10 Å². The van der Waals surface area contributed by atoms with E-state index in [1.54, 1.807) is 0 Å². The third-order valence-electron chi connectivity index (χ3n) is 1.48. The van der Waals surface area contributed by atoms with Gasteiger partial charge in [-0.05, 0) is 0 Å². The lowest BCUT2D eigenvalue weighted by atomic mass is 10.4. The van der Waals surface area contributed by atoms with Crippen molar-refractivity contribution in [3.8, 4) is 0 Å². The first-order valence-corrected chi connectivity index (χ1v) is 3.94. The second-order valence-electron chi connectivity index (χ2n) is 2.69. The number of aliphatic hydroxyl groups is 2.